The summed E-state index contributed by atoms with van der Waals surface area (Å²) in [5, 5.41) is 0.441. The molecule has 0 aliphatic rings. The van der Waals surface area contributed by atoms with E-state index in [0.717, 1.165) is 11.3 Å². The smallest absolute Gasteiger partial charge is 0.352 e. The van der Waals surface area contributed by atoms with Crippen LogP contribution < -0.4 is 5.56 Å². The van der Waals surface area contributed by atoms with Crippen molar-refractivity contribution in [3.63, 3.8) is 0 Å². The number of fused-ring (bicyclic) bond motifs is 3. The van der Waals surface area contributed by atoms with E-state index in [0.29, 0.717) is 20.5 Å². The molecule has 3 rings (SSSR count). The maximum atomic E-state index is 13.2. The molecule has 0 fully saturated rings. The van der Waals surface area contributed by atoms with Gasteiger partial charge in [0, 0.05) is 5.41 Å². The lowest BCUT2D eigenvalue weighted by molar-refractivity contribution is -0.126. The van der Waals surface area contributed by atoms with Gasteiger partial charge >= 0.3 is 5.97 Å². The summed E-state index contributed by atoms with van der Waals surface area (Å²) in [5.41, 5.74) is -0.0426. The minimum atomic E-state index is -0.626. The zero-order valence-corrected chi connectivity index (χ0v) is 17.2. The fourth-order valence-corrected chi connectivity index (χ4v) is 4.09. The first-order valence-corrected chi connectivity index (χ1v) is 9.76. The van der Waals surface area contributed by atoms with E-state index >= 15 is 0 Å². The van der Waals surface area contributed by atoms with Gasteiger partial charge in [0.1, 0.15) is 5.65 Å². The van der Waals surface area contributed by atoms with Crippen LogP contribution in [0.4, 0.5) is 0 Å². The number of aromatic nitrogens is 2. The van der Waals surface area contributed by atoms with Gasteiger partial charge in [0.15, 0.2) is 14.6 Å². The van der Waals surface area contributed by atoms with Crippen LogP contribution in [0.1, 0.15) is 37.4 Å². The molecular weight excluding hydrogens is 384 g/mol. The minimum Gasteiger partial charge on any atom is -0.462 e. The number of carbonyl (C=O) groups excluding carboxylic acids is 2. The van der Waals surface area contributed by atoms with Crippen LogP contribution in [-0.2, 0) is 16.1 Å². The van der Waals surface area contributed by atoms with E-state index in [-0.39, 0.29) is 29.4 Å². The first-order chi connectivity index (χ1) is 12.7. The number of carbonyl (C=O) groups is 2. The quantitative estimate of drug-likeness (QED) is 0.488. The predicted molar refractivity (Wildman–Crippen MR) is 108 cm³/mol. The molecule has 0 radical (unpaired) electrons. The van der Waals surface area contributed by atoms with Gasteiger partial charge in [0.2, 0.25) is 0 Å². The topological polar surface area (TPSA) is 69.8 Å². The standard InChI is InChI=1S/C19H20N2O4S2/c1-5-25-17(24)14-15-20(10-13(22)19(2,3)4)16(23)11-8-6-7-9-12(11)21(15)18(26)27-14/h6-9H,5,10H2,1-4H3. The van der Waals surface area contributed by atoms with Crippen molar-refractivity contribution in [2.24, 2.45) is 5.41 Å². The monoisotopic (exact) mass is 404 g/mol. The highest BCUT2D eigenvalue weighted by Gasteiger charge is 2.27. The second-order valence-electron chi connectivity index (χ2n) is 7.16. The molecule has 2 heterocycles. The van der Waals surface area contributed by atoms with Gasteiger partial charge in [0.05, 0.1) is 24.1 Å². The minimum absolute atomic E-state index is 0.117. The molecule has 0 unspecified atom stereocenters. The van der Waals surface area contributed by atoms with Crippen molar-refractivity contribution in [3.05, 3.63) is 43.5 Å². The zero-order chi connectivity index (χ0) is 19.9. The number of esters is 1. The number of ether oxygens (including phenoxy) is 1. The van der Waals surface area contributed by atoms with E-state index in [1.807, 2.05) is 0 Å². The van der Waals surface area contributed by atoms with Crippen LogP contribution >= 0.6 is 23.6 Å². The molecule has 6 nitrogen and oxygen atoms in total. The van der Waals surface area contributed by atoms with Crippen molar-refractivity contribution in [2.75, 3.05) is 6.61 Å². The molecule has 2 aromatic heterocycles. The number of hydrogen-bond donors (Lipinski definition) is 0. The van der Waals surface area contributed by atoms with Crippen molar-refractivity contribution in [1.82, 2.24) is 8.97 Å². The van der Waals surface area contributed by atoms with Crippen molar-refractivity contribution in [2.45, 2.75) is 34.2 Å². The number of thiazole rings is 1. The van der Waals surface area contributed by atoms with E-state index < -0.39 is 11.4 Å². The third-order valence-corrected chi connectivity index (χ3v) is 5.61. The van der Waals surface area contributed by atoms with E-state index in [4.69, 9.17) is 17.0 Å². The average molecular weight is 405 g/mol. The first-order valence-electron chi connectivity index (χ1n) is 8.54. The van der Waals surface area contributed by atoms with Crippen LogP contribution in [0.3, 0.4) is 0 Å². The molecule has 27 heavy (non-hydrogen) atoms. The van der Waals surface area contributed by atoms with Crippen LogP contribution in [-0.4, -0.2) is 27.3 Å². The number of ketones is 1. The Morgan fingerprint density at radius 2 is 1.89 bits per heavy atom. The Morgan fingerprint density at radius 1 is 1.22 bits per heavy atom. The molecule has 0 aliphatic carbocycles. The molecule has 0 saturated carbocycles. The molecule has 1 aromatic carbocycles. The number of nitrogens with zero attached hydrogens (tertiary/aromatic N) is 2. The fraction of sp³-hybridized carbons (Fsp3) is 0.368. The summed E-state index contributed by atoms with van der Waals surface area (Å²) in [6.45, 7) is 7.16. The summed E-state index contributed by atoms with van der Waals surface area (Å²) in [6.07, 6.45) is 0. The normalized spacial score (nSPS) is 11.9. The third-order valence-electron chi connectivity index (χ3n) is 4.26. The van der Waals surface area contributed by atoms with Gasteiger partial charge in [-0.15, -0.1) is 0 Å². The number of para-hydroxylation sites is 1. The van der Waals surface area contributed by atoms with E-state index in [1.165, 1.54) is 4.57 Å². The van der Waals surface area contributed by atoms with Crippen LogP contribution in [0.5, 0.6) is 0 Å². The van der Waals surface area contributed by atoms with Gasteiger partial charge in [0.25, 0.3) is 5.56 Å². The van der Waals surface area contributed by atoms with E-state index in [2.05, 4.69) is 0 Å². The second kappa shape index (κ2) is 7.01. The second-order valence-corrected chi connectivity index (χ2v) is 8.80. The first kappa shape index (κ1) is 19.4. The molecule has 0 atom stereocenters. The molecule has 0 spiro atoms. The maximum Gasteiger partial charge on any atom is 0.352 e. The lowest BCUT2D eigenvalue weighted by Gasteiger charge is -2.19. The third kappa shape index (κ3) is 3.35. The zero-order valence-electron chi connectivity index (χ0n) is 15.6. The molecule has 0 bridgehead atoms. The molecule has 3 aromatic rings. The number of Topliss-reactive ketones (excluding diaryl/α,β-unsaturated/α-hetero) is 1. The highest BCUT2D eigenvalue weighted by atomic mass is 32.1. The Hall–Kier alpha value is -2.32. The Morgan fingerprint density at radius 3 is 2.52 bits per heavy atom. The molecular formula is C19H20N2O4S2. The van der Waals surface area contributed by atoms with Crippen LogP contribution in [0.25, 0.3) is 16.6 Å². The van der Waals surface area contributed by atoms with E-state index in [9.17, 15) is 14.4 Å². The Labute approximate surface area is 165 Å². The van der Waals surface area contributed by atoms with Crippen molar-refractivity contribution < 1.29 is 14.3 Å². The number of benzene rings is 1. The highest BCUT2D eigenvalue weighted by Crippen LogP contribution is 2.26. The van der Waals surface area contributed by atoms with Crippen LogP contribution in [0, 0.1) is 9.37 Å². The molecule has 0 N–H and O–H groups in total. The van der Waals surface area contributed by atoms with Gasteiger partial charge in [-0.2, -0.15) is 0 Å². The van der Waals surface area contributed by atoms with Crippen molar-refractivity contribution in [3.8, 4) is 0 Å². The number of hydrogen-bond acceptors (Lipinski definition) is 6. The Bertz CT molecular complexity index is 1180. The molecule has 8 heteroatoms. The SMILES string of the molecule is CCOC(=O)c1sc(=S)n2c3ccccc3c(=O)n(CC(=O)C(C)(C)C)c12. The van der Waals surface area contributed by atoms with E-state index in [1.54, 1.807) is 56.4 Å². The summed E-state index contributed by atoms with van der Waals surface area (Å²) in [5.74, 6) is -0.670. The predicted octanol–water partition coefficient (Wildman–Crippen LogP) is 3.84. The number of rotatable bonds is 4. The summed E-state index contributed by atoms with van der Waals surface area (Å²) >= 11 is 6.55. The molecule has 0 saturated heterocycles. The highest BCUT2D eigenvalue weighted by molar-refractivity contribution is 7.73. The summed E-state index contributed by atoms with van der Waals surface area (Å²) in [6, 6.07) is 7.03. The largest absolute Gasteiger partial charge is 0.462 e. The summed E-state index contributed by atoms with van der Waals surface area (Å²) in [4.78, 5) is 38.5. The summed E-state index contributed by atoms with van der Waals surface area (Å²) < 4.78 is 8.58. The van der Waals surface area contributed by atoms with Crippen molar-refractivity contribution in [1.29, 1.82) is 0 Å². The van der Waals surface area contributed by atoms with Crippen LogP contribution in [0.15, 0.2) is 29.1 Å². The maximum absolute atomic E-state index is 13.2. The molecule has 0 amide bonds. The van der Waals surface area contributed by atoms with Gasteiger partial charge in [-0.3, -0.25) is 18.6 Å². The van der Waals surface area contributed by atoms with Crippen LogP contribution in [0.2, 0.25) is 0 Å². The van der Waals surface area contributed by atoms with Gasteiger partial charge in [-0.1, -0.05) is 44.2 Å². The fourth-order valence-electron chi connectivity index (χ4n) is 2.77. The average Bonchev–Trinajstić information content (AvgIpc) is 2.95. The summed E-state index contributed by atoms with van der Waals surface area (Å²) in [7, 11) is 0. The lowest BCUT2D eigenvalue weighted by Crippen LogP contribution is -2.32. The van der Waals surface area contributed by atoms with Gasteiger partial charge in [-0.05, 0) is 31.3 Å². The van der Waals surface area contributed by atoms with Gasteiger partial charge < -0.3 is 4.74 Å². The lowest BCUT2D eigenvalue weighted by atomic mass is 9.91. The Kier molecular flexibility index (Phi) is 5.05. The Balaban J connectivity index is 2.45. The van der Waals surface area contributed by atoms with Gasteiger partial charge in [-0.25, -0.2) is 4.79 Å². The van der Waals surface area contributed by atoms with Crippen molar-refractivity contribution >= 4 is 51.9 Å². The molecule has 142 valence electrons. The molecule has 0 aliphatic heterocycles.